The van der Waals surface area contributed by atoms with Crippen LogP contribution in [0.1, 0.15) is 49.9 Å². The van der Waals surface area contributed by atoms with Crippen LogP contribution in [0.15, 0.2) is 48.5 Å². The summed E-state index contributed by atoms with van der Waals surface area (Å²) in [7, 11) is 0. The summed E-state index contributed by atoms with van der Waals surface area (Å²) in [5.74, 6) is -0.191. The molecule has 0 aliphatic carbocycles. The van der Waals surface area contributed by atoms with Gasteiger partial charge in [-0.25, -0.2) is 0 Å². The molecule has 0 heterocycles. The summed E-state index contributed by atoms with van der Waals surface area (Å²) in [5, 5.41) is 2.99. The first kappa shape index (κ1) is 21.7. The van der Waals surface area contributed by atoms with E-state index in [1.165, 1.54) is 5.56 Å². The standard InChI is InChI=1S/C24H32N2O2/c1-17-11-13-20(14-12-17)16-26(19(3)23(28)25-24(4,5)6)22(27)15-21-10-8-7-9-18(21)2/h7-14,19H,15-16H2,1-6H3,(H,25,28)/t19-/m0/s1. The summed E-state index contributed by atoms with van der Waals surface area (Å²) in [6.45, 7) is 12.1. The summed E-state index contributed by atoms with van der Waals surface area (Å²) in [4.78, 5) is 27.6. The van der Waals surface area contributed by atoms with Gasteiger partial charge in [0.2, 0.25) is 11.8 Å². The molecule has 1 atom stereocenters. The van der Waals surface area contributed by atoms with Crippen molar-refractivity contribution in [3.05, 3.63) is 70.8 Å². The van der Waals surface area contributed by atoms with Gasteiger partial charge in [-0.1, -0.05) is 54.1 Å². The van der Waals surface area contributed by atoms with E-state index in [4.69, 9.17) is 0 Å². The number of rotatable bonds is 6. The molecule has 2 aromatic rings. The van der Waals surface area contributed by atoms with Crippen LogP contribution in [0, 0.1) is 13.8 Å². The van der Waals surface area contributed by atoms with Gasteiger partial charge in [0.1, 0.15) is 6.04 Å². The molecular formula is C24H32N2O2. The maximum absolute atomic E-state index is 13.2. The number of carbonyl (C=O) groups excluding carboxylic acids is 2. The molecule has 2 rings (SSSR count). The lowest BCUT2D eigenvalue weighted by molar-refractivity contribution is -0.140. The lowest BCUT2D eigenvalue weighted by Gasteiger charge is -2.31. The summed E-state index contributed by atoms with van der Waals surface area (Å²) in [6.07, 6.45) is 0.283. The molecule has 4 heteroatoms. The van der Waals surface area contributed by atoms with E-state index >= 15 is 0 Å². The molecule has 28 heavy (non-hydrogen) atoms. The Morgan fingerprint density at radius 1 is 1.00 bits per heavy atom. The van der Waals surface area contributed by atoms with Crippen LogP contribution in [-0.4, -0.2) is 28.3 Å². The maximum atomic E-state index is 13.2. The third-order valence-corrected chi connectivity index (χ3v) is 4.74. The highest BCUT2D eigenvalue weighted by atomic mass is 16.2. The predicted octanol–water partition coefficient (Wildman–Crippen LogP) is 4.18. The molecule has 2 aromatic carbocycles. The van der Waals surface area contributed by atoms with Gasteiger partial charge in [0.15, 0.2) is 0 Å². The normalized spacial score (nSPS) is 12.4. The molecule has 0 fully saturated rings. The minimum Gasteiger partial charge on any atom is -0.350 e. The summed E-state index contributed by atoms with van der Waals surface area (Å²) in [5.41, 5.74) is 3.90. The van der Waals surface area contributed by atoms with Crippen molar-refractivity contribution < 1.29 is 9.59 Å². The second-order valence-corrected chi connectivity index (χ2v) is 8.53. The maximum Gasteiger partial charge on any atom is 0.242 e. The van der Waals surface area contributed by atoms with Gasteiger partial charge in [-0.05, 0) is 58.2 Å². The zero-order valence-electron chi connectivity index (χ0n) is 17.9. The molecule has 0 unspecified atom stereocenters. The Bertz CT molecular complexity index is 819. The summed E-state index contributed by atoms with van der Waals surface area (Å²) in [6, 6.07) is 15.4. The van der Waals surface area contributed by atoms with Gasteiger partial charge in [0.25, 0.3) is 0 Å². The molecule has 2 amide bonds. The molecule has 0 spiro atoms. The molecule has 4 nitrogen and oxygen atoms in total. The van der Waals surface area contributed by atoms with Crippen molar-refractivity contribution in [2.24, 2.45) is 0 Å². The van der Waals surface area contributed by atoms with Crippen LogP contribution in [0.3, 0.4) is 0 Å². The molecule has 0 aliphatic heterocycles. The van der Waals surface area contributed by atoms with Crippen molar-refractivity contribution in [3.8, 4) is 0 Å². The number of aryl methyl sites for hydroxylation is 2. The summed E-state index contributed by atoms with van der Waals surface area (Å²) < 4.78 is 0. The average Bonchev–Trinajstić information content (AvgIpc) is 2.61. The monoisotopic (exact) mass is 380 g/mol. The Hall–Kier alpha value is -2.62. The Kier molecular flexibility index (Phi) is 7.00. The van der Waals surface area contributed by atoms with Crippen molar-refractivity contribution in [2.45, 2.75) is 66.1 Å². The highest BCUT2D eigenvalue weighted by molar-refractivity contribution is 5.88. The van der Waals surface area contributed by atoms with Crippen molar-refractivity contribution in [1.82, 2.24) is 10.2 Å². The Balaban J connectivity index is 2.26. The van der Waals surface area contributed by atoms with E-state index < -0.39 is 6.04 Å². The SMILES string of the molecule is Cc1ccc(CN(C(=O)Cc2ccccc2C)[C@@H](C)C(=O)NC(C)(C)C)cc1. The van der Waals surface area contributed by atoms with E-state index in [0.29, 0.717) is 6.54 Å². The minimum atomic E-state index is -0.558. The van der Waals surface area contributed by atoms with Gasteiger partial charge in [-0.2, -0.15) is 0 Å². The molecular weight excluding hydrogens is 348 g/mol. The van der Waals surface area contributed by atoms with Gasteiger partial charge in [0.05, 0.1) is 6.42 Å². The van der Waals surface area contributed by atoms with Crippen LogP contribution in [0.2, 0.25) is 0 Å². The Morgan fingerprint density at radius 2 is 1.61 bits per heavy atom. The molecule has 0 aliphatic rings. The molecule has 0 saturated heterocycles. The molecule has 0 saturated carbocycles. The molecule has 0 bridgehead atoms. The highest BCUT2D eigenvalue weighted by Crippen LogP contribution is 2.15. The lowest BCUT2D eigenvalue weighted by atomic mass is 10.0. The second-order valence-electron chi connectivity index (χ2n) is 8.53. The fourth-order valence-electron chi connectivity index (χ4n) is 3.02. The van der Waals surface area contributed by atoms with E-state index in [0.717, 1.165) is 16.7 Å². The van der Waals surface area contributed by atoms with Gasteiger partial charge in [-0.15, -0.1) is 0 Å². The molecule has 150 valence electrons. The fraction of sp³-hybridized carbons (Fsp3) is 0.417. The number of nitrogens with one attached hydrogen (secondary N) is 1. The van der Waals surface area contributed by atoms with Crippen LogP contribution >= 0.6 is 0 Å². The largest absolute Gasteiger partial charge is 0.350 e. The highest BCUT2D eigenvalue weighted by Gasteiger charge is 2.28. The number of benzene rings is 2. The fourth-order valence-corrected chi connectivity index (χ4v) is 3.02. The number of amides is 2. The van der Waals surface area contributed by atoms with E-state index in [2.05, 4.69) is 5.32 Å². The van der Waals surface area contributed by atoms with Crippen molar-refractivity contribution in [1.29, 1.82) is 0 Å². The number of hydrogen-bond donors (Lipinski definition) is 1. The van der Waals surface area contributed by atoms with E-state index in [1.54, 1.807) is 11.8 Å². The zero-order chi connectivity index (χ0) is 20.9. The Morgan fingerprint density at radius 3 is 2.18 bits per heavy atom. The van der Waals surface area contributed by atoms with E-state index in [1.807, 2.05) is 83.1 Å². The third kappa shape index (κ3) is 6.22. The first-order valence-corrected chi connectivity index (χ1v) is 9.78. The van der Waals surface area contributed by atoms with Crippen LogP contribution in [-0.2, 0) is 22.6 Å². The molecule has 0 radical (unpaired) electrons. The van der Waals surface area contributed by atoms with Crippen molar-refractivity contribution in [2.75, 3.05) is 0 Å². The first-order valence-electron chi connectivity index (χ1n) is 9.78. The first-order chi connectivity index (χ1) is 13.1. The smallest absolute Gasteiger partial charge is 0.242 e. The average molecular weight is 381 g/mol. The number of hydrogen-bond acceptors (Lipinski definition) is 2. The van der Waals surface area contributed by atoms with Crippen LogP contribution in [0.5, 0.6) is 0 Å². The number of nitrogens with zero attached hydrogens (tertiary/aromatic N) is 1. The van der Waals surface area contributed by atoms with Crippen LogP contribution in [0.25, 0.3) is 0 Å². The van der Waals surface area contributed by atoms with Crippen LogP contribution in [0.4, 0.5) is 0 Å². The van der Waals surface area contributed by atoms with Crippen molar-refractivity contribution >= 4 is 11.8 Å². The number of carbonyl (C=O) groups is 2. The zero-order valence-corrected chi connectivity index (χ0v) is 17.9. The van der Waals surface area contributed by atoms with E-state index in [9.17, 15) is 9.59 Å². The van der Waals surface area contributed by atoms with Crippen molar-refractivity contribution in [3.63, 3.8) is 0 Å². The summed E-state index contributed by atoms with van der Waals surface area (Å²) >= 11 is 0. The molecule has 0 aromatic heterocycles. The van der Waals surface area contributed by atoms with Crippen LogP contribution < -0.4 is 5.32 Å². The quantitative estimate of drug-likeness (QED) is 0.817. The van der Waals surface area contributed by atoms with E-state index in [-0.39, 0.29) is 23.8 Å². The van der Waals surface area contributed by atoms with Gasteiger partial charge < -0.3 is 10.2 Å². The topological polar surface area (TPSA) is 49.4 Å². The molecule has 1 N–H and O–H groups in total. The lowest BCUT2D eigenvalue weighted by Crippen LogP contribution is -2.52. The third-order valence-electron chi connectivity index (χ3n) is 4.74. The van der Waals surface area contributed by atoms with Gasteiger partial charge in [0, 0.05) is 12.1 Å². The predicted molar refractivity (Wildman–Crippen MR) is 114 cm³/mol. The Labute approximate surface area is 169 Å². The van der Waals surface area contributed by atoms with Gasteiger partial charge in [-0.3, -0.25) is 9.59 Å². The minimum absolute atomic E-state index is 0.0496. The van der Waals surface area contributed by atoms with Gasteiger partial charge >= 0.3 is 0 Å². The second kappa shape index (κ2) is 9.05.